The van der Waals surface area contributed by atoms with Crippen molar-refractivity contribution in [1.82, 2.24) is 19.9 Å². The van der Waals surface area contributed by atoms with Gasteiger partial charge in [-0.15, -0.1) is 0 Å². The molecule has 0 fully saturated rings. The fourth-order valence-corrected chi connectivity index (χ4v) is 5.99. The van der Waals surface area contributed by atoms with Crippen LogP contribution in [0.1, 0.15) is 51.5 Å². The second kappa shape index (κ2) is 10.6. The van der Waals surface area contributed by atoms with Crippen molar-refractivity contribution in [1.29, 1.82) is 0 Å². The molecule has 6 heteroatoms. The fraction of sp³-hybridized carbons (Fsp3) is 0.194. The molecule has 1 aliphatic rings. The molecule has 5 aromatic rings. The Hall–Kier alpha value is -3.90. The lowest BCUT2D eigenvalue weighted by Gasteiger charge is -2.26. The number of aromatic nitrogens is 3. The highest BCUT2D eigenvalue weighted by Crippen LogP contribution is 2.30. The van der Waals surface area contributed by atoms with E-state index in [0.717, 1.165) is 46.8 Å². The topological polar surface area (TPSA) is 59.8 Å². The maximum absolute atomic E-state index is 13.1. The minimum absolute atomic E-state index is 0.0235. The van der Waals surface area contributed by atoms with Crippen LogP contribution in [0.3, 0.4) is 0 Å². The molecule has 0 radical (unpaired) electrons. The second-order valence-electron chi connectivity index (χ2n) is 9.43. The van der Waals surface area contributed by atoms with Gasteiger partial charge in [-0.25, -0.2) is 4.98 Å². The van der Waals surface area contributed by atoms with E-state index in [4.69, 9.17) is 4.98 Å². The summed E-state index contributed by atoms with van der Waals surface area (Å²) in [4.78, 5) is 22.3. The molecular formula is C31H28N4OS. The molecule has 1 atom stereocenters. The number of hydrogen-bond acceptors (Lipinski definition) is 4. The van der Waals surface area contributed by atoms with E-state index in [2.05, 4.69) is 63.4 Å². The zero-order chi connectivity index (χ0) is 25.0. The van der Waals surface area contributed by atoms with Gasteiger partial charge >= 0.3 is 0 Å². The molecule has 0 bridgehead atoms. The van der Waals surface area contributed by atoms with E-state index in [1.54, 1.807) is 18.0 Å². The number of amides is 1. The van der Waals surface area contributed by atoms with Crippen LogP contribution < -0.4 is 5.32 Å². The molecule has 1 aliphatic carbocycles. The van der Waals surface area contributed by atoms with Crippen molar-refractivity contribution in [2.75, 3.05) is 0 Å². The number of thioether (sulfide) groups is 1. The standard InChI is InChI=1S/C31H28N4OS/c36-30(33-27-12-6-10-24-9-4-5-11-26(24)27)25-15-13-22(14-16-25)20-35-29-19-32-18-17-28(29)34-31(35)37-21-23-7-2-1-3-8-23/h1-5,7-9,11,13-19,27H,6,10,12,20-21H2,(H,33,36)/t27-/m0/s1. The summed E-state index contributed by atoms with van der Waals surface area (Å²) in [5, 5.41) is 4.22. The summed E-state index contributed by atoms with van der Waals surface area (Å²) in [7, 11) is 0. The van der Waals surface area contributed by atoms with Gasteiger partial charge < -0.3 is 9.88 Å². The van der Waals surface area contributed by atoms with Gasteiger partial charge in [0.25, 0.3) is 5.91 Å². The van der Waals surface area contributed by atoms with Crippen molar-refractivity contribution < 1.29 is 4.79 Å². The molecule has 1 N–H and O–H groups in total. The number of carbonyl (C=O) groups is 1. The van der Waals surface area contributed by atoms with Crippen LogP contribution in [-0.4, -0.2) is 20.4 Å². The molecule has 0 saturated carbocycles. The molecule has 0 saturated heterocycles. The number of hydrogen-bond donors (Lipinski definition) is 1. The maximum Gasteiger partial charge on any atom is 0.251 e. The first-order valence-corrected chi connectivity index (χ1v) is 13.7. The molecule has 5 nitrogen and oxygen atoms in total. The summed E-state index contributed by atoms with van der Waals surface area (Å²) < 4.78 is 2.21. The van der Waals surface area contributed by atoms with Gasteiger partial charge in [-0.05, 0) is 59.7 Å². The quantitative estimate of drug-likeness (QED) is 0.254. The number of rotatable bonds is 7. The number of nitrogens with zero attached hydrogens (tertiary/aromatic N) is 3. The Morgan fingerprint density at radius 3 is 2.62 bits per heavy atom. The van der Waals surface area contributed by atoms with Crippen molar-refractivity contribution in [2.45, 2.75) is 42.8 Å². The third-order valence-corrected chi connectivity index (χ3v) is 8.01. The summed E-state index contributed by atoms with van der Waals surface area (Å²) in [5.74, 6) is 0.825. The number of carbonyl (C=O) groups excluding carboxylic acids is 1. The van der Waals surface area contributed by atoms with E-state index in [-0.39, 0.29) is 11.9 Å². The first-order valence-electron chi connectivity index (χ1n) is 12.7. The van der Waals surface area contributed by atoms with Crippen molar-refractivity contribution >= 4 is 28.7 Å². The molecule has 2 heterocycles. The van der Waals surface area contributed by atoms with Crippen LogP contribution in [-0.2, 0) is 18.7 Å². The molecule has 0 aliphatic heterocycles. The Morgan fingerprint density at radius 2 is 1.76 bits per heavy atom. The van der Waals surface area contributed by atoms with Crippen LogP contribution in [0.4, 0.5) is 0 Å². The summed E-state index contributed by atoms with van der Waals surface area (Å²) in [6, 6.07) is 28.8. The predicted octanol–water partition coefficient (Wildman–Crippen LogP) is 6.58. The largest absolute Gasteiger partial charge is 0.345 e. The molecule has 6 rings (SSSR count). The SMILES string of the molecule is O=C(N[C@H]1CCCc2ccccc21)c1ccc(Cn2c(SCc3ccccc3)nc3ccncc32)cc1. The van der Waals surface area contributed by atoms with Gasteiger partial charge in [0.15, 0.2) is 5.16 Å². The average Bonchev–Trinajstić information content (AvgIpc) is 3.30. The number of imidazole rings is 1. The van der Waals surface area contributed by atoms with Gasteiger partial charge in [0, 0.05) is 17.5 Å². The molecular weight excluding hydrogens is 476 g/mol. The van der Waals surface area contributed by atoms with E-state index in [1.165, 1.54) is 16.7 Å². The lowest BCUT2D eigenvalue weighted by atomic mass is 9.87. The van der Waals surface area contributed by atoms with E-state index in [9.17, 15) is 4.79 Å². The predicted molar refractivity (Wildman–Crippen MR) is 149 cm³/mol. The first-order chi connectivity index (χ1) is 18.2. The van der Waals surface area contributed by atoms with Gasteiger partial charge in [0.05, 0.1) is 29.8 Å². The Morgan fingerprint density at radius 1 is 0.946 bits per heavy atom. The summed E-state index contributed by atoms with van der Waals surface area (Å²) in [5.41, 5.74) is 7.61. The van der Waals surface area contributed by atoms with Crippen LogP contribution in [0.15, 0.2) is 102 Å². The number of pyridine rings is 1. The van der Waals surface area contributed by atoms with E-state index < -0.39 is 0 Å². The first kappa shape index (κ1) is 23.5. The monoisotopic (exact) mass is 504 g/mol. The summed E-state index contributed by atoms with van der Waals surface area (Å²) in [6.45, 7) is 0.664. The zero-order valence-corrected chi connectivity index (χ0v) is 21.3. The second-order valence-corrected chi connectivity index (χ2v) is 10.4. The van der Waals surface area contributed by atoms with Crippen molar-refractivity contribution in [3.63, 3.8) is 0 Å². The highest BCUT2D eigenvalue weighted by atomic mass is 32.2. The summed E-state index contributed by atoms with van der Waals surface area (Å²) in [6.07, 6.45) is 6.81. The lowest BCUT2D eigenvalue weighted by Crippen LogP contribution is -2.30. The molecule has 0 spiro atoms. The van der Waals surface area contributed by atoms with Crippen molar-refractivity contribution in [3.8, 4) is 0 Å². The van der Waals surface area contributed by atoms with Crippen LogP contribution in [0.5, 0.6) is 0 Å². The van der Waals surface area contributed by atoms with Gasteiger partial charge in [0.2, 0.25) is 0 Å². The molecule has 0 unspecified atom stereocenters. The minimum Gasteiger partial charge on any atom is -0.345 e. The molecule has 37 heavy (non-hydrogen) atoms. The number of benzene rings is 3. The smallest absolute Gasteiger partial charge is 0.251 e. The highest BCUT2D eigenvalue weighted by Gasteiger charge is 2.22. The van der Waals surface area contributed by atoms with Crippen LogP contribution >= 0.6 is 11.8 Å². The van der Waals surface area contributed by atoms with E-state index >= 15 is 0 Å². The minimum atomic E-state index is -0.0235. The number of fused-ring (bicyclic) bond motifs is 2. The number of nitrogens with one attached hydrogen (secondary N) is 1. The zero-order valence-electron chi connectivity index (χ0n) is 20.5. The highest BCUT2D eigenvalue weighted by molar-refractivity contribution is 7.98. The van der Waals surface area contributed by atoms with Gasteiger partial charge in [-0.3, -0.25) is 9.78 Å². The normalized spacial score (nSPS) is 14.9. The van der Waals surface area contributed by atoms with E-state index in [0.29, 0.717) is 12.1 Å². The van der Waals surface area contributed by atoms with E-state index in [1.807, 2.05) is 42.6 Å². The van der Waals surface area contributed by atoms with Crippen LogP contribution in [0.25, 0.3) is 11.0 Å². The maximum atomic E-state index is 13.1. The third kappa shape index (κ3) is 5.16. The van der Waals surface area contributed by atoms with Gasteiger partial charge in [-0.2, -0.15) is 0 Å². The third-order valence-electron chi connectivity index (χ3n) is 6.96. The van der Waals surface area contributed by atoms with Gasteiger partial charge in [0.1, 0.15) is 0 Å². The lowest BCUT2D eigenvalue weighted by molar-refractivity contribution is 0.0932. The van der Waals surface area contributed by atoms with Gasteiger partial charge in [-0.1, -0.05) is 78.5 Å². The Bertz CT molecular complexity index is 1530. The van der Waals surface area contributed by atoms with Crippen LogP contribution in [0, 0.1) is 0 Å². The molecule has 1 amide bonds. The van der Waals surface area contributed by atoms with Crippen LogP contribution in [0.2, 0.25) is 0 Å². The molecule has 2 aromatic heterocycles. The van der Waals surface area contributed by atoms with Crippen molar-refractivity contribution in [2.24, 2.45) is 0 Å². The fourth-order valence-electron chi connectivity index (χ4n) is 5.02. The summed E-state index contributed by atoms with van der Waals surface area (Å²) >= 11 is 1.73. The average molecular weight is 505 g/mol. The Balaban J connectivity index is 1.19. The van der Waals surface area contributed by atoms with Crippen molar-refractivity contribution in [3.05, 3.63) is 125 Å². The molecule has 184 valence electrons. The molecule has 3 aromatic carbocycles. The Kier molecular flexibility index (Phi) is 6.74. The number of aryl methyl sites for hydroxylation is 1. The Labute approximate surface area is 221 Å².